The number of carboxylic acid groups (broad SMARTS) is 1. The summed E-state index contributed by atoms with van der Waals surface area (Å²) in [7, 11) is 1.72. The van der Waals surface area contributed by atoms with Crippen molar-refractivity contribution in [3.8, 4) is 11.5 Å². The maximum atomic E-state index is 12.3. The van der Waals surface area contributed by atoms with Gasteiger partial charge in [0.05, 0.1) is 19.3 Å². The molecule has 8 nitrogen and oxygen atoms in total. The molecule has 1 aromatic carbocycles. The lowest BCUT2D eigenvalue weighted by Gasteiger charge is -2.26. The van der Waals surface area contributed by atoms with Crippen LogP contribution in [0, 0.1) is 0 Å². The summed E-state index contributed by atoms with van der Waals surface area (Å²) in [4.78, 5) is 19.1. The Morgan fingerprint density at radius 3 is 2.86 bits per heavy atom. The summed E-state index contributed by atoms with van der Waals surface area (Å²) in [6.45, 7) is 2.94. The number of hydrogen-bond acceptors (Lipinski definition) is 7. The lowest BCUT2D eigenvalue weighted by atomic mass is 10.0. The first kappa shape index (κ1) is 24.8. The Balaban J connectivity index is 1.10. The van der Waals surface area contributed by atoms with Crippen molar-refractivity contribution in [1.29, 1.82) is 0 Å². The summed E-state index contributed by atoms with van der Waals surface area (Å²) >= 11 is 0. The fourth-order valence-corrected chi connectivity index (χ4v) is 5.22. The lowest BCUT2D eigenvalue weighted by Crippen LogP contribution is -2.33. The number of ether oxygens (including phenoxy) is 3. The molecule has 0 bridgehead atoms. The van der Waals surface area contributed by atoms with Gasteiger partial charge >= 0.3 is 5.97 Å². The van der Waals surface area contributed by atoms with Crippen molar-refractivity contribution < 1.29 is 24.1 Å². The highest BCUT2D eigenvalue weighted by Gasteiger charge is 2.36. The van der Waals surface area contributed by atoms with Gasteiger partial charge in [0.2, 0.25) is 0 Å². The molecular formula is C28H37N3O5. The molecular weight excluding hydrogens is 458 g/mol. The largest absolute Gasteiger partial charge is 0.496 e. The van der Waals surface area contributed by atoms with Gasteiger partial charge in [-0.05, 0) is 57.4 Å². The van der Waals surface area contributed by atoms with Crippen molar-refractivity contribution in [2.75, 3.05) is 38.7 Å². The Kier molecular flexibility index (Phi) is 7.92. The summed E-state index contributed by atoms with van der Waals surface area (Å²) in [5, 5.41) is 13.5. The zero-order chi connectivity index (χ0) is 24.9. The first-order valence-corrected chi connectivity index (χ1v) is 13.3. The van der Waals surface area contributed by atoms with Crippen LogP contribution in [0.15, 0.2) is 30.3 Å². The van der Waals surface area contributed by atoms with Crippen molar-refractivity contribution in [1.82, 2.24) is 9.88 Å². The second kappa shape index (κ2) is 11.5. The first-order chi connectivity index (χ1) is 17.6. The number of aromatic nitrogens is 1. The molecule has 2 aliphatic heterocycles. The van der Waals surface area contributed by atoms with E-state index in [9.17, 15) is 9.90 Å². The molecule has 8 heteroatoms. The molecule has 1 saturated heterocycles. The molecule has 2 N–H and O–H groups in total. The van der Waals surface area contributed by atoms with Crippen molar-refractivity contribution in [2.45, 2.75) is 69.6 Å². The molecule has 0 spiro atoms. The summed E-state index contributed by atoms with van der Waals surface area (Å²) in [5.74, 6) is 1.75. The number of para-hydroxylation sites is 1. The summed E-state index contributed by atoms with van der Waals surface area (Å²) in [5.41, 5.74) is 2.96. The minimum Gasteiger partial charge on any atom is -0.496 e. The van der Waals surface area contributed by atoms with Crippen LogP contribution >= 0.6 is 0 Å². The number of aryl methyl sites for hydroxylation is 1. The van der Waals surface area contributed by atoms with Crippen LogP contribution in [0.5, 0.6) is 11.5 Å². The second-order valence-corrected chi connectivity index (χ2v) is 10.0. The molecule has 1 aromatic heterocycles. The number of methoxy groups -OCH3 is 1. The molecule has 194 valence electrons. The van der Waals surface area contributed by atoms with Gasteiger partial charge in [-0.3, -0.25) is 9.69 Å². The van der Waals surface area contributed by atoms with Gasteiger partial charge in [0, 0.05) is 49.1 Å². The number of fused-ring (bicyclic) bond motifs is 1. The van der Waals surface area contributed by atoms with Gasteiger partial charge in [0.25, 0.3) is 0 Å². The molecule has 36 heavy (non-hydrogen) atoms. The standard InChI is InChI=1S/C28H37N3O5/c1-34-25-17-19(30-27-23(25)9-6-14-29-27)7-4-5-16-35-21-13-15-31(18-21)26(28(32)33)22-8-2-3-10-24(22)36-20-11-12-20/h2-3,8,10,17,20-21,26H,4-7,9,11-16,18H2,1H3,(H,29,30)(H,32,33)/t21-,26-/m1/s1. The van der Waals surface area contributed by atoms with E-state index in [2.05, 4.69) is 11.4 Å². The summed E-state index contributed by atoms with van der Waals surface area (Å²) in [6, 6.07) is 8.91. The zero-order valence-corrected chi connectivity index (χ0v) is 21.1. The van der Waals surface area contributed by atoms with Crippen LogP contribution in [0.1, 0.15) is 61.4 Å². The van der Waals surface area contributed by atoms with Gasteiger partial charge in [0.15, 0.2) is 0 Å². The number of unbranched alkanes of at least 4 members (excludes halogenated alkanes) is 1. The van der Waals surface area contributed by atoms with E-state index in [1.54, 1.807) is 7.11 Å². The van der Waals surface area contributed by atoms with Crippen molar-refractivity contribution >= 4 is 11.8 Å². The lowest BCUT2D eigenvalue weighted by molar-refractivity contribution is -0.143. The Hall–Kier alpha value is -2.84. The van der Waals surface area contributed by atoms with E-state index in [0.29, 0.717) is 25.4 Å². The predicted octanol–water partition coefficient (Wildman–Crippen LogP) is 4.23. The molecule has 0 unspecified atom stereocenters. The minimum absolute atomic E-state index is 0.0505. The highest BCUT2D eigenvalue weighted by molar-refractivity contribution is 5.76. The molecule has 5 rings (SSSR count). The Bertz CT molecular complexity index is 1040. The highest BCUT2D eigenvalue weighted by Crippen LogP contribution is 2.36. The van der Waals surface area contributed by atoms with Crippen LogP contribution in [-0.4, -0.2) is 66.5 Å². The molecule has 2 atom stereocenters. The second-order valence-electron chi connectivity index (χ2n) is 10.0. The van der Waals surface area contributed by atoms with Gasteiger partial charge in [-0.15, -0.1) is 0 Å². The molecule has 2 aromatic rings. The van der Waals surface area contributed by atoms with Crippen LogP contribution in [-0.2, 0) is 22.4 Å². The van der Waals surface area contributed by atoms with E-state index in [0.717, 1.165) is 80.7 Å². The van der Waals surface area contributed by atoms with E-state index in [-0.39, 0.29) is 12.2 Å². The number of benzene rings is 1. The summed E-state index contributed by atoms with van der Waals surface area (Å²) in [6.07, 6.45) is 8.10. The Morgan fingerprint density at radius 1 is 1.19 bits per heavy atom. The van der Waals surface area contributed by atoms with E-state index in [4.69, 9.17) is 19.2 Å². The van der Waals surface area contributed by atoms with Crippen molar-refractivity contribution in [3.63, 3.8) is 0 Å². The topological polar surface area (TPSA) is 93.2 Å². The quantitative estimate of drug-likeness (QED) is 0.423. The molecule has 3 aliphatic rings. The number of pyridine rings is 1. The van der Waals surface area contributed by atoms with Crippen LogP contribution < -0.4 is 14.8 Å². The van der Waals surface area contributed by atoms with E-state index in [1.807, 2.05) is 29.2 Å². The smallest absolute Gasteiger partial charge is 0.325 e. The molecule has 0 radical (unpaired) electrons. The van der Waals surface area contributed by atoms with Crippen LogP contribution in [0.3, 0.4) is 0 Å². The number of anilines is 1. The Labute approximate surface area is 213 Å². The normalized spacial score (nSPS) is 20.4. The fraction of sp³-hybridized carbons (Fsp3) is 0.571. The monoisotopic (exact) mass is 495 g/mol. The maximum absolute atomic E-state index is 12.3. The van der Waals surface area contributed by atoms with Gasteiger partial charge in [-0.25, -0.2) is 4.98 Å². The SMILES string of the molecule is COc1cc(CCCCO[C@@H]2CCN([C@@H](C(=O)O)c3ccccc3OC3CC3)C2)nc2c1CCCN2. The fourth-order valence-electron chi connectivity index (χ4n) is 5.22. The number of carboxylic acids is 1. The van der Waals surface area contributed by atoms with Crippen molar-refractivity contribution in [2.24, 2.45) is 0 Å². The van der Waals surface area contributed by atoms with E-state index in [1.165, 1.54) is 5.56 Å². The predicted molar refractivity (Wildman–Crippen MR) is 137 cm³/mol. The van der Waals surface area contributed by atoms with Crippen LogP contribution in [0.4, 0.5) is 5.82 Å². The highest BCUT2D eigenvalue weighted by atomic mass is 16.5. The maximum Gasteiger partial charge on any atom is 0.325 e. The first-order valence-electron chi connectivity index (χ1n) is 13.3. The molecule has 0 amide bonds. The third-order valence-corrected chi connectivity index (χ3v) is 7.24. The Morgan fingerprint density at radius 2 is 2.06 bits per heavy atom. The number of nitrogens with zero attached hydrogens (tertiary/aromatic N) is 2. The van der Waals surface area contributed by atoms with E-state index < -0.39 is 12.0 Å². The third-order valence-electron chi connectivity index (χ3n) is 7.24. The van der Waals surface area contributed by atoms with E-state index >= 15 is 0 Å². The van der Waals surface area contributed by atoms with Gasteiger partial charge < -0.3 is 24.6 Å². The van der Waals surface area contributed by atoms with Gasteiger partial charge in [-0.2, -0.15) is 0 Å². The van der Waals surface area contributed by atoms with Gasteiger partial charge in [0.1, 0.15) is 23.4 Å². The number of hydrogen-bond donors (Lipinski definition) is 2. The average Bonchev–Trinajstić information content (AvgIpc) is 3.59. The number of aliphatic carboxylic acids is 1. The zero-order valence-electron chi connectivity index (χ0n) is 21.1. The number of rotatable bonds is 12. The molecule has 1 aliphatic carbocycles. The third kappa shape index (κ3) is 5.93. The van der Waals surface area contributed by atoms with Gasteiger partial charge in [-0.1, -0.05) is 18.2 Å². The van der Waals surface area contributed by atoms with Crippen LogP contribution in [0.25, 0.3) is 0 Å². The number of carbonyl (C=O) groups is 1. The van der Waals surface area contributed by atoms with Crippen molar-refractivity contribution in [3.05, 3.63) is 47.2 Å². The molecule has 1 saturated carbocycles. The number of nitrogens with one attached hydrogen (secondary N) is 1. The minimum atomic E-state index is -0.843. The molecule has 3 heterocycles. The average molecular weight is 496 g/mol. The molecule has 2 fully saturated rings. The van der Waals surface area contributed by atoms with Crippen LogP contribution in [0.2, 0.25) is 0 Å². The number of likely N-dealkylation sites (tertiary alicyclic amines) is 1. The summed E-state index contributed by atoms with van der Waals surface area (Å²) < 4.78 is 17.8.